The van der Waals surface area contributed by atoms with Crippen LogP contribution in [-0.2, 0) is 19.6 Å². The molecule has 0 atom stereocenters. The van der Waals surface area contributed by atoms with Gasteiger partial charge in [-0.3, -0.25) is 9.10 Å². The lowest BCUT2D eigenvalue weighted by Gasteiger charge is -2.25. The average molecular weight is 451 g/mol. The molecule has 0 aromatic heterocycles. The molecule has 0 heterocycles. The molecular formula is C22H30N2O6S. The molecule has 1 N–H and O–H groups in total. The highest BCUT2D eigenvalue weighted by molar-refractivity contribution is 7.92. The van der Waals surface area contributed by atoms with Crippen molar-refractivity contribution < 1.29 is 27.4 Å². The zero-order valence-electron chi connectivity index (χ0n) is 18.3. The summed E-state index contributed by atoms with van der Waals surface area (Å²) in [5, 5.41) is 2.75. The van der Waals surface area contributed by atoms with Gasteiger partial charge in [0, 0.05) is 19.2 Å². The summed E-state index contributed by atoms with van der Waals surface area (Å²) in [4.78, 5) is 12.7. The third kappa shape index (κ3) is 6.86. The van der Waals surface area contributed by atoms with Gasteiger partial charge in [-0.05, 0) is 44.5 Å². The van der Waals surface area contributed by atoms with Gasteiger partial charge in [0.2, 0.25) is 5.91 Å². The monoisotopic (exact) mass is 450 g/mol. The van der Waals surface area contributed by atoms with E-state index in [0.717, 1.165) is 4.31 Å². The van der Waals surface area contributed by atoms with Gasteiger partial charge in [0.05, 0.1) is 30.9 Å². The summed E-state index contributed by atoms with van der Waals surface area (Å²) in [7, 11) is -1.03. The van der Waals surface area contributed by atoms with E-state index < -0.39 is 15.9 Å². The maximum absolute atomic E-state index is 13.3. The van der Waals surface area contributed by atoms with E-state index >= 15 is 0 Å². The number of methoxy groups -OCH3 is 2. The highest BCUT2D eigenvalue weighted by Crippen LogP contribution is 2.33. The minimum Gasteiger partial charge on any atom is -0.493 e. The van der Waals surface area contributed by atoms with Gasteiger partial charge in [-0.2, -0.15) is 0 Å². The molecule has 9 heteroatoms. The third-order valence-electron chi connectivity index (χ3n) is 4.37. The second-order valence-corrected chi connectivity index (χ2v) is 8.85. The lowest BCUT2D eigenvalue weighted by atomic mass is 10.2. The zero-order valence-corrected chi connectivity index (χ0v) is 19.1. The van der Waals surface area contributed by atoms with Crippen molar-refractivity contribution in [3.63, 3.8) is 0 Å². The van der Waals surface area contributed by atoms with Crippen LogP contribution in [0.2, 0.25) is 0 Å². The smallest absolute Gasteiger partial charge is 0.264 e. The van der Waals surface area contributed by atoms with Gasteiger partial charge in [0.25, 0.3) is 10.0 Å². The molecule has 0 unspecified atom stereocenters. The molecule has 2 aromatic carbocycles. The summed E-state index contributed by atoms with van der Waals surface area (Å²) in [5.74, 6) is 0.399. The van der Waals surface area contributed by atoms with Crippen LogP contribution in [0.1, 0.15) is 20.3 Å². The second kappa shape index (κ2) is 11.6. The number of carbonyl (C=O) groups is 1. The van der Waals surface area contributed by atoms with Crippen LogP contribution < -0.4 is 19.1 Å². The summed E-state index contributed by atoms with van der Waals surface area (Å²) < 4.78 is 43.7. The fraction of sp³-hybridized carbons (Fsp3) is 0.409. The largest absolute Gasteiger partial charge is 0.493 e. The van der Waals surface area contributed by atoms with Crippen LogP contribution in [0, 0.1) is 0 Å². The first-order chi connectivity index (χ1) is 14.8. The Morgan fingerprint density at radius 3 is 2.32 bits per heavy atom. The first-order valence-electron chi connectivity index (χ1n) is 9.97. The number of nitrogens with zero attached hydrogens (tertiary/aromatic N) is 1. The Balaban J connectivity index is 2.26. The summed E-state index contributed by atoms with van der Waals surface area (Å²) in [6.07, 6.45) is 0.749. The molecular weight excluding hydrogens is 420 g/mol. The number of carbonyl (C=O) groups excluding carboxylic acids is 1. The average Bonchev–Trinajstić information content (AvgIpc) is 2.77. The van der Waals surface area contributed by atoms with Gasteiger partial charge < -0.3 is 19.5 Å². The van der Waals surface area contributed by atoms with Crippen LogP contribution in [-0.4, -0.2) is 54.3 Å². The molecule has 0 aliphatic heterocycles. The molecule has 0 spiro atoms. The predicted octanol–water partition coefficient (Wildman–Crippen LogP) is 2.83. The molecule has 2 rings (SSSR count). The maximum Gasteiger partial charge on any atom is 0.264 e. The number of anilines is 1. The molecule has 1 amide bonds. The van der Waals surface area contributed by atoms with Crippen molar-refractivity contribution in [2.45, 2.75) is 31.3 Å². The lowest BCUT2D eigenvalue weighted by molar-refractivity contribution is -0.119. The van der Waals surface area contributed by atoms with Crippen LogP contribution in [0.4, 0.5) is 5.69 Å². The SMILES string of the molecule is COc1ccc(N(CC(=O)NCCCOC(C)C)S(=O)(=O)c2ccccc2)cc1OC. The Hall–Kier alpha value is -2.78. The molecule has 0 fully saturated rings. The molecule has 0 saturated carbocycles. The van der Waals surface area contributed by atoms with Crippen molar-refractivity contribution in [3.8, 4) is 11.5 Å². The highest BCUT2D eigenvalue weighted by Gasteiger charge is 2.27. The van der Waals surface area contributed by atoms with E-state index in [1.54, 1.807) is 30.3 Å². The Morgan fingerprint density at radius 2 is 1.71 bits per heavy atom. The van der Waals surface area contributed by atoms with Gasteiger partial charge in [0.15, 0.2) is 11.5 Å². The normalized spacial score (nSPS) is 11.3. The van der Waals surface area contributed by atoms with Gasteiger partial charge in [-0.15, -0.1) is 0 Å². The summed E-state index contributed by atoms with van der Waals surface area (Å²) >= 11 is 0. The molecule has 8 nitrogen and oxygen atoms in total. The maximum atomic E-state index is 13.3. The molecule has 2 aromatic rings. The van der Waals surface area contributed by atoms with Crippen molar-refractivity contribution in [3.05, 3.63) is 48.5 Å². The predicted molar refractivity (Wildman–Crippen MR) is 119 cm³/mol. The van der Waals surface area contributed by atoms with E-state index in [2.05, 4.69) is 5.32 Å². The molecule has 0 aliphatic carbocycles. The van der Waals surface area contributed by atoms with E-state index in [1.807, 2.05) is 13.8 Å². The van der Waals surface area contributed by atoms with Gasteiger partial charge in [-0.25, -0.2) is 8.42 Å². The Morgan fingerprint density at radius 1 is 1.03 bits per heavy atom. The first kappa shape index (κ1) is 24.5. The molecule has 170 valence electrons. The van der Waals surface area contributed by atoms with Crippen molar-refractivity contribution in [1.82, 2.24) is 5.32 Å². The van der Waals surface area contributed by atoms with E-state index in [-0.39, 0.29) is 17.5 Å². The van der Waals surface area contributed by atoms with E-state index in [0.29, 0.717) is 36.8 Å². The fourth-order valence-electron chi connectivity index (χ4n) is 2.82. The molecule has 0 radical (unpaired) electrons. The number of benzene rings is 2. The molecule has 0 saturated heterocycles. The third-order valence-corrected chi connectivity index (χ3v) is 6.16. The Kier molecular flexibility index (Phi) is 9.14. The van der Waals surface area contributed by atoms with Crippen molar-refractivity contribution >= 4 is 21.6 Å². The minimum atomic E-state index is -3.99. The Labute approximate surface area is 184 Å². The lowest BCUT2D eigenvalue weighted by Crippen LogP contribution is -2.41. The standard InChI is InChI=1S/C22H30N2O6S/c1-17(2)30-14-8-13-23-22(25)16-24(31(26,27)19-9-6-5-7-10-19)18-11-12-20(28-3)21(15-18)29-4/h5-7,9-12,15,17H,8,13-14,16H2,1-4H3,(H,23,25). The second-order valence-electron chi connectivity index (χ2n) is 6.99. The van der Waals surface area contributed by atoms with Crippen LogP contribution >= 0.6 is 0 Å². The van der Waals surface area contributed by atoms with Crippen LogP contribution in [0.15, 0.2) is 53.4 Å². The number of ether oxygens (including phenoxy) is 3. The van der Waals surface area contributed by atoms with Gasteiger partial charge >= 0.3 is 0 Å². The van der Waals surface area contributed by atoms with Crippen molar-refractivity contribution in [2.75, 3.05) is 38.2 Å². The molecule has 0 bridgehead atoms. The zero-order chi connectivity index (χ0) is 22.9. The quantitative estimate of drug-likeness (QED) is 0.500. The van der Waals surface area contributed by atoms with Crippen molar-refractivity contribution in [2.24, 2.45) is 0 Å². The summed E-state index contributed by atoms with van der Waals surface area (Å²) in [6, 6.07) is 12.7. The summed E-state index contributed by atoms with van der Waals surface area (Å²) in [6.45, 7) is 4.40. The van der Waals surface area contributed by atoms with Crippen molar-refractivity contribution in [1.29, 1.82) is 0 Å². The molecule has 0 aliphatic rings. The number of nitrogens with one attached hydrogen (secondary N) is 1. The number of sulfonamides is 1. The van der Waals surface area contributed by atoms with Crippen LogP contribution in [0.5, 0.6) is 11.5 Å². The Bertz CT molecular complexity index is 948. The van der Waals surface area contributed by atoms with Crippen LogP contribution in [0.25, 0.3) is 0 Å². The number of hydrogen-bond donors (Lipinski definition) is 1. The number of rotatable bonds is 12. The topological polar surface area (TPSA) is 94.2 Å². The van der Waals surface area contributed by atoms with Gasteiger partial charge in [-0.1, -0.05) is 18.2 Å². The van der Waals surface area contributed by atoms with E-state index in [1.165, 1.54) is 32.4 Å². The minimum absolute atomic E-state index is 0.0860. The van der Waals surface area contributed by atoms with Crippen LogP contribution in [0.3, 0.4) is 0 Å². The van der Waals surface area contributed by atoms with E-state index in [4.69, 9.17) is 14.2 Å². The van der Waals surface area contributed by atoms with E-state index in [9.17, 15) is 13.2 Å². The molecule has 31 heavy (non-hydrogen) atoms. The highest BCUT2D eigenvalue weighted by atomic mass is 32.2. The van der Waals surface area contributed by atoms with Gasteiger partial charge in [0.1, 0.15) is 6.54 Å². The fourth-order valence-corrected chi connectivity index (χ4v) is 4.25. The first-order valence-corrected chi connectivity index (χ1v) is 11.4. The number of hydrogen-bond acceptors (Lipinski definition) is 6. The summed E-state index contributed by atoms with van der Waals surface area (Å²) in [5.41, 5.74) is 0.291. The number of amides is 1.